The zero-order valence-electron chi connectivity index (χ0n) is 10.2. The number of nitro benzene ring substituents is 1. The predicted octanol–water partition coefficient (Wildman–Crippen LogP) is 3.44. The summed E-state index contributed by atoms with van der Waals surface area (Å²) >= 11 is 11.5. The molecular weight excluding hydrogens is 275 g/mol. The second-order valence-electron chi connectivity index (χ2n) is 3.94. The molecule has 0 amide bonds. The van der Waals surface area contributed by atoms with E-state index in [1.54, 1.807) is 12.1 Å². The molecule has 0 radical (unpaired) electrons. The third kappa shape index (κ3) is 4.12. The van der Waals surface area contributed by atoms with Crippen LogP contribution in [0.5, 0.6) is 0 Å². The van der Waals surface area contributed by atoms with Crippen LogP contribution in [0.25, 0.3) is 0 Å². The van der Waals surface area contributed by atoms with Gasteiger partial charge in [-0.2, -0.15) is 0 Å². The van der Waals surface area contributed by atoms with Crippen molar-refractivity contribution in [2.24, 2.45) is 0 Å². The molecular formula is C12H16Cl2N2O2. The third-order valence-corrected chi connectivity index (χ3v) is 3.22. The van der Waals surface area contributed by atoms with Gasteiger partial charge < -0.3 is 0 Å². The number of hydrogen-bond donors (Lipinski definition) is 0. The van der Waals surface area contributed by atoms with E-state index in [9.17, 15) is 10.1 Å². The summed E-state index contributed by atoms with van der Waals surface area (Å²) in [7, 11) is 0. The predicted molar refractivity (Wildman–Crippen MR) is 74.5 cm³/mol. The summed E-state index contributed by atoms with van der Waals surface area (Å²) in [5.41, 5.74) is 1.13. The number of rotatable bonds is 7. The maximum atomic E-state index is 10.6. The Hall–Kier alpha value is -0.840. The van der Waals surface area contributed by atoms with Crippen LogP contribution >= 0.6 is 23.2 Å². The number of halogens is 2. The molecule has 0 fully saturated rings. The first-order chi connectivity index (χ1) is 8.60. The Morgan fingerprint density at radius 2 is 1.72 bits per heavy atom. The van der Waals surface area contributed by atoms with Gasteiger partial charge in [-0.15, -0.1) is 23.2 Å². The summed E-state index contributed by atoms with van der Waals surface area (Å²) in [4.78, 5) is 12.3. The Morgan fingerprint density at radius 1 is 1.22 bits per heavy atom. The summed E-state index contributed by atoms with van der Waals surface area (Å²) in [5, 5.41) is 10.6. The molecule has 0 bridgehead atoms. The SMILES string of the molecule is CC(c1ccc([N+](=O)[O-])cc1)N(CCCl)CCCl. The molecule has 0 aliphatic rings. The second-order valence-corrected chi connectivity index (χ2v) is 4.69. The van der Waals surface area contributed by atoms with Crippen molar-refractivity contribution in [3.05, 3.63) is 39.9 Å². The molecule has 1 aromatic carbocycles. The van der Waals surface area contributed by atoms with Gasteiger partial charge in [-0.25, -0.2) is 0 Å². The van der Waals surface area contributed by atoms with Crippen LogP contribution in [0.4, 0.5) is 5.69 Å². The van der Waals surface area contributed by atoms with E-state index in [0.717, 1.165) is 18.7 Å². The quantitative estimate of drug-likeness (QED) is 0.439. The highest BCUT2D eigenvalue weighted by atomic mass is 35.5. The van der Waals surface area contributed by atoms with Gasteiger partial charge in [0.25, 0.3) is 5.69 Å². The Balaban J connectivity index is 2.80. The van der Waals surface area contributed by atoms with Crippen LogP contribution in [0.15, 0.2) is 24.3 Å². The van der Waals surface area contributed by atoms with Crippen LogP contribution in [0.2, 0.25) is 0 Å². The second kappa shape index (κ2) is 7.56. The summed E-state index contributed by atoms with van der Waals surface area (Å²) in [5.74, 6) is 1.07. The Morgan fingerprint density at radius 3 is 2.11 bits per heavy atom. The maximum Gasteiger partial charge on any atom is 0.269 e. The lowest BCUT2D eigenvalue weighted by molar-refractivity contribution is -0.384. The minimum Gasteiger partial charge on any atom is -0.294 e. The van der Waals surface area contributed by atoms with Crippen molar-refractivity contribution < 1.29 is 4.92 Å². The van der Waals surface area contributed by atoms with E-state index >= 15 is 0 Å². The molecule has 1 aromatic rings. The lowest BCUT2D eigenvalue weighted by atomic mass is 10.1. The molecule has 0 saturated heterocycles. The zero-order valence-corrected chi connectivity index (χ0v) is 11.7. The standard InChI is InChI=1S/C12H16Cl2N2O2/c1-10(15(8-6-13)9-7-14)11-2-4-12(5-3-11)16(17)18/h2-5,10H,6-9H2,1H3. The van der Waals surface area contributed by atoms with E-state index in [-0.39, 0.29) is 11.7 Å². The largest absolute Gasteiger partial charge is 0.294 e. The number of nitrogens with zero attached hydrogens (tertiary/aromatic N) is 2. The summed E-state index contributed by atoms with van der Waals surface area (Å²) in [6, 6.07) is 6.73. The molecule has 1 atom stereocenters. The highest BCUT2D eigenvalue weighted by molar-refractivity contribution is 6.18. The average Bonchev–Trinajstić information content (AvgIpc) is 2.38. The summed E-state index contributed by atoms with van der Waals surface area (Å²) in [6.07, 6.45) is 0. The first-order valence-electron chi connectivity index (χ1n) is 5.70. The van der Waals surface area contributed by atoms with Gasteiger partial charge in [0.2, 0.25) is 0 Å². The van der Waals surface area contributed by atoms with Crippen molar-refractivity contribution in [3.63, 3.8) is 0 Å². The van der Waals surface area contributed by atoms with E-state index < -0.39 is 4.92 Å². The van der Waals surface area contributed by atoms with Gasteiger partial charge >= 0.3 is 0 Å². The molecule has 0 N–H and O–H groups in total. The third-order valence-electron chi connectivity index (χ3n) is 2.88. The minimum absolute atomic E-state index is 0.104. The van der Waals surface area contributed by atoms with E-state index in [2.05, 4.69) is 4.90 Å². The average molecular weight is 291 g/mol. The van der Waals surface area contributed by atoms with Crippen LogP contribution in [0.3, 0.4) is 0 Å². The van der Waals surface area contributed by atoms with E-state index in [4.69, 9.17) is 23.2 Å². The van der Waals surface area contributed by atoms with Crippen LogP contribution in [0, 0.1) is 10.1 Å². The zero-order chi connectivity index (χ0) is 13.5. The molecule has 100 valence electrons. The van der Waals surface area contributed by atoms with Crippen molar-refractivity contribution >= 4 is 28.9 Å². The first kappa shape index (κ1) is 15.2. The number of alkyl halides is 2. The van der Waals surface area contributed by atoms with E-state index in [0.29, 0.717) is 11.8 Å². The lowest BCUT2D eigenvalue weighted by Gasteiger charge is -2.27. The minimum atomic E-state index is -0.399. The molecule has 0 aliphatic carbocycles. The number of hydrogen-bond acceptors (Lipinski definition) is 3. The molecule has 1 rings (SSSR count). The molecule has 0 saturated carbocycles. The molecule has 0 spiro atoms. The van der Waals surface area contributed by atoms with Crippen molar-refractivity contribution in [1.29, 1.82) is 0 Å². The first-order valence-corrected chi connectivity index (χ1v) is 6.77. The molecule has 0 heterocycles. The number of nitro groups is 1. The summed E-state index contributed by atoms with van der Waals surface area (Å²) < 4.78 is 0. The van der Waals surface area contributed by atoms with Gasteiger partial charge in [-0.05, 0) is 12.5 Å². The molecule has 0 aromatic heterocycles. The van der Waals surface area contributed by atoms with Gasteiger partial charge in [0.05, 0.1) is 4.92 Å². The van der Waals surface area contributed by atoms with E-state index in [1.165, 1.54) is 12.1 Å². The van der Waals surface area contributed by atoms with E-state index in [1.807, 2.05) is 6.92 Å². The molecule has 6 heteroatoms. The van der Waals surface area contributed by atoms with Crippen molar-refractivity contribution in [2.75, 3.05) is 24.8 Å². The smallest absolute Gasteiger partial charge is 0.269 e. The fourth-order valence-electron chi connectivity index (χ4n) is 1.80. The highest BCUT2D eigenvalue weighted by Gasteiger charge is 2.15. The van der Waals surface area contributed by atoms with Gasteiger partial charge in [-0.3, -0.25) is 15.0 Å². The van der Waals surface area contributed by atoms with Crippen LogP contribution in [-0.2, 0) is 0 Å². The summed E-state index contributed by atoms with van der Waals surface area (Å²) in [6.45, 7) is 3.53. The Kier molecular flexibility index (Phi) is 6.39. The molecule has 18 heavy (non-hydrogen) atoms. The van der Waals surface area contributed by atoms with Crippen LogP contribution in [-0.4, -0.2) is 34.7 Å². The van der Waals surface area contributed by atoms with Crippen molar-refractivity contribution in [3.8, 4) is 0 Å². The maximum absolute atomic E-state index is 10.6. The van der Waals surface area contributed by atoms with Gasteiger partial charge in [0, 0.05) is 43.0 Å². The van der Waals surface area contributed by atoms with Gasteiger partial charge in [0.1, 0.15) is 0 Å². The van der Waals surface area contributed by atoms with Gasteiger partial charge in [0.15, 0.2) is 0 Å². The fourth-order valence-corrected chi connectivity index (χ4v) is 2.24. The normalized spacial score (nSPS) is 12.7. The Bertz CT molecular complexity index is 378. The van der Waals surface area contributed by atoms with Gasteiger partial charge in [-0.1, -0.05) is 12.1 Å². The Labute approximate surface area is 117 Å². The molecule has 1 unspecified atom stereocenters. The number of benzene rings is 1. The highest BCUT2D eigenvalue weighted by Crippen LogP contribution is 2.22. The van der Waals surface area contributed by atoms with Crippen LogP contribution in [0.1, 0.15) is 18.5 Å². The topological polar surface area (TPSA) is 46.4 Å². The molecule has 4 nitrogen and oxygen atoms in total. The monoisotopic (exact) mass is 290 g/mol. The lowest BCUT2D eigenvalue weighted by Crippen LogP contribution is -2.30. The van der Waals surface area contributed by atoms with Crippen molar-refractivity contribution in [1.82, 2.24) is 4.90 Å². The molecule has 0 aliphatic heterocycles. The van der Waals surface area contributed by atoms with Crippen LogP contribution < -0.4 is 0 Å². The number of non-ortho nitro benzene ring substituents is 1. The fraction of sp³-hybridized carbons (Fsp3) is 0.500. The van der Waals surface area contributed by atoms with Crippen molar-refractivity contribution in [2.45, 2.75) is 13.0 Å².